The second-order valence-corrected chi connectivity index (χ2v) is 5.41. The maximum atomic E-state index is 11.5. The molecule has 0 radical (unpaired) electrons. The molecule has 1 amide bonds. The Morgan fingerprint density at radius 1 is 0.885 bits per heavy atom. The van der Waals surface area contributed by atoms with Crippen molar-refractivity contribution in [2.24, 2.45) is 5.73 Å². The van der Waals surface area contributed by atoms with Crippen LogP contribution in [-0.4, -0.2) is 32.2 Å². The number of nitrogens with two attached hydrogens (primary N) is 1. The van der Waals surface area contributed by atoms with Crippen molar-refractivity contribution in [2.75, 3.05) is 21.3 Å². The number of hydrogen-bond donors (Lipinski definition) is 1. The van der Waals surface area contributed by atoms with Gasteiger partial charge in [-0.3, -0.25) is 4.79 Å². The van der Waals surface area contributed by atoms with E-state index in [-0.39, 0.29) is 0 Å². The lowest BCUT2D eigenvalue weighted by Crippen LogP contribution is -2.12. The summed E-state index contributed by atoms with van der Waals surface area (Å²) in [6, 6.07) is 12.0. The Kier molecular flexibility index (Phi) is 4.79. The van der Waals surface area contributed by atoms with Crippen molar-refractivity contribution >= 4 is 16.8 Å². The fourth-order valence-electron chi connectivity index (χ4n) is 2.51. The number of pyridine rings is 1. The van der Waals surface area contributed by atoms with E-state index in [1.54, 1.807) is 56.7 Å². The van der Waals surface area contributed by atoms with Gasteiger partial charge in [-0.2, -0.15) is 0 Å². The van der Waals surface area contributed by atoms with Crippen LogP contribution < -0.4 is 24.7 Å². The van der Waals surface area contributed by atoms with Crippen molar-refractivity contribution in [3.8, 4) is 28.9 Å². The smallest absolute Gasteiger partial charge is 0.252 e. The Bertz CT molecular complexity index is 949. The molecule has 2 N–H and O–H groups in total. The molecule has 0 saturated heterocycles. The molecule has 1 heterocycles. The molecule has 3 aromatic rings. The molecule has 0 unspecified atom stereocenters. The zero-order valence-corrected chi connectivity index (χ0v) is 14.6. The van der Waals surface area contributed by atoms with E-state index < -0.39 is 5.91 Å². The summed E-state index contributed by atoms with van der Waals surface area (Å²) in [7, 11) is 4.60. The molecule has 0 aliphatic carbocycles. The molecule has 0 aliphatic rings. The monoisotopic (exact) mass is 354 g/mol. The molecule has 0 spiro atoms. The Hall–Kier alpha value is -3.48. The second-order valence-electron chi connectivity index (χ2n) is 5.41. The van der Waals surface area contributed by atoms with Gasteiger partial charge in [-0.1, -0.05) is 0 Å². The minimum atomic E-state index is -0.562. The molecule has 0 saturated carbocycles. The van der Waals surface area contributed by atoms with Crippen LogP contribution in [0, 0.1) is 0 Å². The number of nitrogens with zero attached hydrogens (tertiary/aromatic N) is 1. The first-order valence-corrected chi connectivity index (χ1v) is 7.73. The van der Waals surface area contributed by atoms with Crippen LogP contribution in [0.2, 0.25) is 0 Å². The van der Waals surface area contributed by atoms with Gasteiger partial charge in [0.15, 0.2) is 0 Å². The topological polar surface area (TPSA) is 92.9 Å². The van der Waals surface area contributed by atoms with Crippen molar-refractivity contribution in [3.05, 3.63) is 48.0 Å². The summed E-state index contributed by atoms with van der Waals surface area (Å²) in [5.41, 5.74) is 6.29. The van der Waals surface area contributed by atoms with Crippen molar-refractivity contribution in [2.45, 2.75) is 0 Å². The number of hydrogen-bond acceptors (Lipinski definition) is 6. The largest absolute Gasteiger partial charge is 0.496 e. The minimum Gasteiger partial charge on any atom is -0.496 e. The number of rotatable bonds is 6. The Morgan fingerprint density at radius 2 is 1.54 bits per heavy atom. The van der Waals surface area contributed by atoms with Crippen molar-refractivity contribution in [1.29, 1.82) is 0 Å². The molecule has 0 aliphatic heterocycles. The van der Waals surface area contributed by atoms with E-state index in [0.717, 1.165) is 5.39 Å². The average molecular weight is 354 g/mol. The van der Waals surface area contributed by atoms with Gasteiger partial charge in [-0.05, 0) is 12.1 Å². The lowest BCUT2D eigenvalue weighted by Gasteiger charge is -2.11. The van der Waals surface area contributed by atoms with Crippen LogP contribution in [-0.2, 0) is 0 Å². The molecule has 7 nitrogen and oxygen atoms in total. The van der Waals surface area contributed by atoms with E-state index in [0.29, 0.717) is 40.0 Å². The van der Waals surface area contributed by atoms with Gasteiger partial charge < -0.3 is 24.7 Å². The van der Waals surface area contributed by atoms with Crippen LogP contribution >= 0.6 is 0 Å². The van der Waals surface area contributed by atoms with Gasteiger partial charge in [0.1, 0.15) is 23.0 Å². The van der Waals surface area contributed by atoms with E-state index in [9.17, 15) is 4.79 Å². The van der Waals surface area contributed by atoms with Gasteiger partial charge >= 0.3 is 0 Å². The molecule has 3 rings (SSSR count). The number of amides is 1. The third kappa shape index (κ3) is 3.46. The quantitative estimate of drug-likeness (QED) is 0.731. The minimum absolute atomic E-state index is 0.299. The Balaban J connectivity index is 1.99. The standard InChI is InChI=1S/C19H18N2O5/c1-23-12-7-13(24-2)9-14(8-12)26-18-5-4-11-6-15(19(20)22)17(25-3)10-16(11)21-18/h4-10H,1-3H3,(H2,20,22). The van der Waals surface area contributed by atoms with Gasteiger partial charge in [-0.15, -0.1) is 0 Å². The number of ether oxygens (including phenoxy) is 4. The summed E-state index contributed by atoms with van der Waals surface area (Å²) >= 11 is 0. The Morgan fingerprint density at radius 3 is 2.12 bits per heavy atom. The highest BCUT2D eigenvalue weighted by Crippen LogP contribution is 2.32. The maximum Gasteiger partial charge on any atom is 0.252 e. The van der Waals surface area contributed by atoms with E-state index in [1.165, 1.54) is 7.11 Å². The van der Waals surface area contributed by atoms with Crippen LogP contribution in [0.25, 0.3) is 10.9 Å². The molecule has 0 fully saturated rings. The molecule has 0 bridgehead atoms. The van der Waals surface area contributed by atoms with Crippen LogP contribution in [0.15, 0.2) is 42.5 Å². The van der Waals surface area contributed by atoms with Crippen LogP contribution in [0.4, 0.5) is 0 Å². The lowest BCUT2D eigenvalue weighted by atomic mass is 10.1. The zero-order valence-electron chi connectivity index (χ0n) is 14.6. The van der Waals surface area contributed by atoms with E-state index in [4.69, 9.17) is 24.7 Å². The first-order valence-electron chi connectivity index (χ1n) is 7.73. The SMILES string of the molecule is COc1cc(OC)cc(Oc2ccc3cc(C(N)=O)c(OC)cc3n2)c1. The second kappa shape index (κ2) is 7.18. The van der Waals surface area contributed by atoms with Gasteiger partial charge in [0.25, 0.3) is 5.91 Å². The fourth-order valence-corrected chi connectivity index (χ4v) is 2.51. The molecular weight excluding hydrogens is 336 g/mol. The van der Waals surface area contributed by atoms with Crippen molar-refractivity contribution in [3.63, 3.8) is 0 Å². The number of methoxy groups -OCH3 is 3. The molecule has 0 atom stereocenters. The number of aromatic nitrogens is 1. The van der Waals surface area contributed by atoms with Gasteiger partial charge in [0, 0.05) is 35.7 Å². The molecule has 1 aromatic heterocycles. The van der Waals surface area contributed by atoms with E-state index in [2.05, 4.69) is 4.98 Å². The molecule has 26 heavy (non-hydrogen) atoms. The normalized spacial score (nSPS) is 10.4. The molecule has 134 valence electrons. The first-order chi connectivity index (χ1) is 12.5. The van der Waals surface area contributed by atoms with Crippen LogP contribution in [0.1, 0.15) is 10.4 Å². The molecule has 7 heteroatoms. The van der Waals surface area contributed by atoms with E-state index >= 15 is 0 Å². The van der Waals surface area contributed by atoms with E-state index in [1.807, 2.05) is 0 Å². The number of fused-ring (bicyclic) bond motifs is 1. The predicted molar refractivity (Wildman–Crippen MR) is 96.4 cm³/mol. The lowest BCUT2D eigenvalue weighted by molar-refractivity contribution is 0.0997. The third-order valence-corrected chi connectivity index (χ3v) is 3.80. The summed E-state index contributed by atoms with van der Waals surface area (Å²) in [5.74, 6) is 1.90. The number of primary amides is 1. The Labute approximate surface area is 150 Å². The summed E-state index contributed by atoms with van der Waals surface area (Å²) < 4.78 is 21.5. The van der Waals surface area contributed by atoms with Crippen LogP contribution in [0.5, 0.6) is 28.9 Å². The maximum absolute atomic E-state index is 11.5. The zero-order chi connectivity index (χ0) is 18.7. The number of benzene rings is 2. The average Bonchev–Trinajstić information content (AvgIpc) is 2.66. The summed E-state index contributed by atoms with van der Waals surface area (Å²) in [6.45, 7) is 0. The van der Waals surface area contributed by atoms with Gasteiger partial charge in [-0.25, -0.2) is 4.98 Å². The fraction of sp³-hybridized carbons (Fsp3) is 0.158. The summed E-state index contributed by atoms with van der Waals surface area (Å²) in [4.78, 5) is 16.0. The summed E-state index contributed by atoms with van der Waals surface area (Å²) in [6.07, 6.45) is 0. The predicted octanol–water partition coefficient (Wildman–Crippen LogP) is 3.15. The van der Waals surface area contributed by atoms with Gasteiger partial charge in [0.05, 0.1) is 32.4 Å². The van der Waals surface area contributed by atoms with Crippen LogP contribution in [0.3, 0.4) is 0 Å². The highest BCUT2D eigenvalue weighted by Gasteiger charge is 2.12. The highest BCUT2D eigenvalue weighted by molar-refractivity contribution is 6.00. The first kappa shape index (κ1) is 17.3. The highest BCUT2D eigenvalue weighted by atomic mass is 16.5. The number of carbonyl (C=O) groups excluding carboxylic acids is 1. The molecule has 2 aromatic carbocycles. The van der Waals surface area contributed by atoms with Crippen molar-refractivity contribution < 1.29 is 23.7 Å². The van der Waals surface area contributed by atoms with Crippen molar-refractivity contribution in [1.82, 2.24) is 4.98 Å². The summed E-state index contributed by atoms with van der Waals surface area (Å²) in [5, 5.41) is 0.746. The third-order valence-electron chi connectivity index (χ3n) is 3.80. The molecular formula is C19H18N2O5. The number of carbonyl (C=O) groups is 1. The van der Waals surface area contributed by atoms with Gasteiger partial charge in [0.2, 0.25) is 5.88 Å².